The standard InChI is InChI=1S/C12H27NSi/c1-5-9-10-13-11-12-14(6-2,7-3)8-4/h11H,5-10,12H2,1-4H3. The third-order valence-corrected chi connectivity index (χ3v) is 9.09. The van der Waals surface area contributed by atoms with Gasteiger partial charge in [-0.15, -0.1) is 0 Å². The van der Waals surface area contributed by atoms with Gasteiger partial charge in [-0.2, -0.15) is 0 Å². The second-order valence-corrected chi connectivity index (χ2v) is 9.74. The molecule has 0 spiro atoms. The zero-order chi connectivity index (χ0) is 10.9. The van der Waals surface area contributed by atoms with Gasteiger partial charge in [0.15, 0.2) is 0 Å². The molecule has 0 saturated heterocycles. The molecule has 84 valence electrons. The van der Waals surface area contributed by atoms with Gasteiger partial charge in [0, 0.05) is 6.54 Å². The van der Waals surface area contributed by atoms with E-state index in [4.69, 9.17) is 0 Å². The van der Waals surface area contributed by atoms with Crippen LogP contribution in [0.1, 0.15) is 40.5 Å². The zero-order valence-electron chi connectivity index (χ0n) is 10.5. The smallest absolute Gasteiger partial charge is 0.0581 e. The average molecular weight is 213 g/mol. The van der Waals surface area contributed by atoms with E-state index in [9.17, 15) is 0 Å². The largest absolute Gasteiger partial charge is 0.298 e. The Kier molecular flexibility index (Phi) is 8.15. The maximum atomic E-state index is 4.50. The monoisotopic (exact) mass is 213 g/mol. The van der Waals surface area contributed by atoms with E-state index in [1.54, 1.807) is 0 Å². The molecule has 0 aliphatic heterocycles. The van der Waals surface area contributed by atoms with Gasteiger partial charge < -0.3 is 0 Å². The van der Waals surface area contributed by atoms with Crippen LogP contribution in [0, 0.1) is 0 Å². The molecule has 0 atom stereocenters. The summed E-state index contributed by atoms with van der Waals surface area (Å²) in [6.07, 6.45) is 4.73. The first-order valence-electron chi connectivity index (χ1n) is 6.23. The normalized spacial score (nSPS) is 12.6. The van der Waals surface area contributed by atoms with Gasteiger partial charge in [0.05, 0.1) is 8.07 Å². The van der Waals surface area contributed by atoms with Crippen LogP contribution in [0.2, 0.25) is 24.2 Å². The molecule has 0 amide bonds. The Labute approximate surface area is 91.0 Å². The highest BCUT2D eigenvalue weighted by Crippen LogP contribution is 2.23. The van der Waals surface area contributed by atoms with E-state index in [2.05, 4.69) is 38.9 Å². The summed E-state index contributed by atoms with van der Waals surface area (Å²) in [5.74, 6) is 0. The Morgan fingerprint density at radius 2 is 1.57 bits per heavy atom. The number of unbranched alkanes of at least 4 members (excludes halogenated alkanes) is 1. The van der Waals surface area contributed by atoms with Crippen LogP contribution < -0.4 is 0 Å². The fourth-order valence-electron chi connectivity index (χ4n) is 1.78. The minimum Gasteiger partial charge on any atom is -0.298 e. The summed E-state index contributed by atoms with van der Waals surface area (Å²) in [4.78, 5) is 4.50. The first kappa shape index (κ1) is 13.9. The molecule has 2 heteroatoms. The van der Waals surface area contributed by atoms with Gasteiger partial charge in [0.25, 0.3) is 0 Å². The van der Waals surface area contributed by atoms with Crippen LogP contribution in [0.3, 0.4) is 0 Å². The lowest BCUT2D eigenvalue weighted by molar-refractivity contribution is 0.809. The average Bonchev–Trinajstić information content (AvgIpc) is 2.24. The fourth-order valence-corrected chi connectivity index (χ4v) is 4.66. The minimum atomic E-state index is -0.927. The molecule has 0 aliphatic rings. The van der Waals surface area contributed by atoms with Crippen LogP contribution >= 0.6 is 0 Å². The van der Waals surface area contributed by atoms with Crippen LogP contribution in [0.5, 0.6) is 0 Å². The van der Waals surface area contributed by atoms with Crippen LogP contribution in [0.25, 0.3) is 0 Å². The molecule has 0 unspecified atom stereocenters. The third kappa shape index (κ3) is 4.94. The topological polar surface area (TPSA) is 12.4 Å². The van der Waals surface area contributed by atoms with Crippen LogP contribution in [-0.4, -0.2) is 20.8 Å². The highest BCUT2D eigenvalue weighted by atomic mass is 28.3. The lowest BCUT2D eigenvalue weighted by atomic mass is 10.3. The number of hydrogen-bond acceptors (Lipinski definition) is 1. The van der Waals surface area contributed by atoms with Crippen molar-refractivity contribution in [3.8, 4) is 0 Å². The van der Waals surface area contributed by atoms with E-state index in [-0.39, 0.29) is 0 Å². The summed E-state index contributed by atoms with van der Waals surface area (Å²) in [7, 11) is -0.927. The summed E-state index contributed by atoms with van der Waals surface area (Å²) in [5.41, 5.74) is 0. The lowest BCUT2D eigenvalue weighted by Crippen LogP contribution is -2.31. The van der Waals surface area contributed by atoms with Gasteiger partial charge in [-0.25, -0.2) is 0 Å². The Morgan fingerprint density at radius 3 is 2.00 bits per heavy atom. The zero-order valence-corrected chi connectivity index (χ0v) is 11.5. The molecule has 0 saturated carbocycles. The number of aliphatic imine (C=N–C) groups is 1. The molecule has 0 aromatic rings. The lowest BCUT2D eigenvalue weighted by Gasteiger charge is -2.25. The molecule has 0 aliphatic carbocycles. The second kappa shape index (κ2) is 8.22. The highest BCUT2D eigenvalue weighted by molar-refractivity contribution is 6.81. The van der Waals surface area contributed by atoms with Gasteiger partial charge in [0.2, 0.25) is 0 Å². The SMILES string of the molecule is CCCCN=CC[Si](CC)(CC)CC. The van der Waals surface area contributed by atoms with Crippen molar-refractivity contribution in [1.29, 1.82) is 0 Å². The van der Waals surface area contributed by atoms with Crippen molar-refractivity contribution in [3.63, 3.8) is 0 Å². The molecular weight excluding hydrogens is 186 g/mol. The van der Waals surface area contributed by atoms with Crippen molar-refractivity contribution in [2.75, 3.05) is 6.54 Å². The van der Waals surface area contributed by atoms with Crippen molar-refractivity contribution in [1.82, 2.24) is 0 Å². The van der Waals surface area contributed by atoms with Crippen molar-refractivity contribution in [3.05, 3.63) is 0 Å². The molecule has 0 N–H and O–H groups in total. The van der Waals surface area contributed by atoms with Crippen LogP contribution in [-0.2, 0) is 0 Å². The molecule has 0 aromatic carbocycles. The first-order valence-corrected chi connectivity index (χ1v) is 9.05. The molecule has 0 rings (SSSR count). The van der Waals surface area contributed by atoms with Crippen molar-refractivity contribution in [2.45, 2.75) is 64.7 Å². The van der Waals surface area contributed by atoms with Crippen LogP contribution in [0.4, 0.5) is 0 Å². The van der Waals surface area contributed by atoms with E-state index < -0.39 is 8.07 Å². The van der Waals surface area contributed by atoms with E-state index >= 15 is 0 Å². The van der Waals surface area contributed by atoms with Crippen molar-refractivity contribution >= 4 is 14.3 Å². The molecule has 0 radical (unpaired) electrons. The third-order valence-electron chi connectivity index (χ3n) is 3.54. The highest BCUT2D eigenvalue weighted by Gasteiger charge is 2.24. The van der Waals surface area contributed by atoms with E-state index in [1.165, 1.54) is 37.0 Å². The predicted molar refractivity (Wildman–Crippen MR) is 70.3 cm³/mol. The number of hydrogen-bond donors (Lipinski definition) is 0. The number of rotatable bonds is 8. The van der Waals surface area contributed by atoms with Gasteiger partial charge >= 0.3 is 0 Å². The maximum Gasteiger partial charge on any atom is 0.0581 e. The summed E-state index contributed by atoms with van der Waals surface area (Å²) < 4.78 is 0. The Morgan fingerprint density at radius 1 is 1.00 bits per heavy atom. The van der Waals surface area contributed by atoms with E-state index in [0.717, 1.165) is 6.54 Å². The van der Waals surface area contributed by atoms with Crippen molar-refractivity contribution < 1.29 is 0 Å². The Hall–Kier alpha value is -0.113. The molecule has 0 bridgehead atoms. The fraction of sp³-hybridized carbons (Fsp3) is 0.917. The summed E-state index contributed by atoms with van der Waals surface area (Å²) in [6.45, 7) is 10.3. The van der Waals surface area contributed by atoms with Gasteiger partial charge in [0.1, 0.15) is 0 Å². The Bertz CT molecular complexity index is 142. The van der Waals surface area contributed by atoms with Gasteiger partial charge in [-0.1, -0.05) is 52.2 Å². The first-order chi connectivity index (χ1) is 6.74. The molecule has 14 heavy (non-hydrogen) atoms. The predicted octanol–water partition coefficient (Wildman–Crippen LogP) is 4.37. The Balaban J connectivity index is 3.86. The molecule has 1 nitrogen and oxygen atoms in total. The summed E-state index contributed by atoms with van der Waals surface area (Å²) >= 11 is 0. The van der Waals surface area contributed by atoms with Gasteiger partial charge in [-0.05, 0) is 18.7 Å². The van der Waals surface area contributed by atoms with Crippen molar-refractivity contribution in [2.24, 2.45) is 4.99 Å². The summed E-state index contributed by atoms with van der Waals surface area (Å²) in [6, 6.07) is 5.56. The molecular formula is C12H27NSi. The van der Waals surface area contributed by atoms with Crippen LogP contribution in [0.15, 0.2) is 4.99 Å². The summed E-state index contributed by atoms with van der Waals surface area (Å²) in [5, 5.41) is 0. The minimum absolute atomic E-state index is 0.927. The van der Waals surface area contributed by atoms with E-state index in [1.807, 2.05) is 0 Å². The quantitative estimate of drug-likeness (QED) is 0.323. The molecule has 0 heterocycles. The molecule has 0 aromatic heterocycles. The maximum absolute atomic E-state index is 4.50. The second-order valence-electron chi connectivity index (χ2n) is 4.21. The molecule has 0 fully saturated rings. The van der Waals surface area contributed by atoms with E-state index in [0.29, 0.717) is 0 Å². The number of nitrogens with zero attached hydrogens (tertiary/aromatic N) is 1. The van der Waals surface area contributed by atoms with Gasteiger partial charge in [-0.3, -0.25) is 4.99 Å².